The first-order chi connectivity index (χ1) is 10.6. The predicted molar refractivity (Wildman–Crippen MR) is 77.2 cm³/mol. The Bertz CT molecular complexity index is 734. The maximum absolute atomic E-state index is 11.1. The highest BCUT2D eigenvalue weighted by Crippen LogP contribution is 2.44. The standard InChI is InChI=1S/C15H16N2O5/c1-8-4-10(6-18)11(5-13(8)17(20)21)14-12(7-19)15(22-16-14)9-2-3-9/h4-5,9,18-19H,2-3,6-7H2,1H3. The summed E-state index contributed by atoms with van der Waals surface area (Å²) in [4.78, 5) is 10.7. The van der Waals surface area contributed by atoms with Crippen LogP contribution in [0.1, 0.15) is 41.2 Å². The van der Waals surface area contributed by atoms with Crippen LogP contribution in [0.25, 0.3) is 11.3 Å². The molecule has 0 amide bonds. The lowest BCUT2D eigenvalue weighted by Crippen LogP contribution is -1.99. The number of hydrogen-bond donors (Lipinski definition) is 2. The maximum Gasteiger partial charge on any atom is 0.272 e. The third kappa shape index (κ3) is 2.38. The van der Waals surface area contributed by atoms with E-state index in [1.54, 1.807) is 13.0 Å². The van der Waals surface area contributed by atoms with E-state index in [4.69, 9.17) is 4.52 Å². The summed E-state index contributed by atoms with van der Waals surface area (Å²) < 4.78 is 5.33. The predicted octanol–water partition coefficient (Wildman–Crippen LogP) is 2.42. The first kappa shape index (κ1) is 14.7. The lowest BCUT2D eigenvalue weighted by Gasteiger charge is -2.08. The minimum atomic E-state index is -0.472. The van der Waals surface area contributed by atoms with Crippen LogP contribution in [0.3, 0.4) is 0 Å². The lowest BCUT2D eigenvalue weighted by molar-refractivity contribution is -0.385. The van der Waals surface area contributed by atoms with Crippen LogP contribution in [-0.4, -0.2) is 20.3 Å². The van der Waals surface area contributed by atoms with E-state index in [1.807, 2.05) is 0 Å². The average Bonchev–Trinajstić information content (AvgIpc) is 3.25. The van der Waals surface area contributed by atoms with Crippen molar-refractivity contribution in [3.8, 4) is 11.3 Å². The van der Waals surface area contributed by atoms with Gasteiger partial charge in [-0.05, 0) is 31.4 Å². The molecule has 0 atom stereocenters. The van der Waals surface area contributed by atoms with E-state index in [0.29, 0.717) is 33.7 Å². The van der Waals surface area contributed by atoms with Crippen molar-refractivity contribution in [2.24, 2.45) is 0 Å². The van der Waals surface area contributed by atoms with Gasteiger partial charge in [0.25, 0.3) is 5.69 Å². The molecule has 0 aliphatic heterocycles. The molecule has 2 aromatic rings. The van der Waals surface area contributed by atoms with Gasteiger partial charge in [0.1, 0.15) is 11.5 Å². The normalized spacial score (nSPS) is 14.3. The average molecular weight is 304 g/mol. The fraction of sp³-hybridized carbons (Fsp3) is 0.400. The smallest absolute Gasteiger partial charge is 0.272 e. The number of benzene rings is 1. The van der Waals surface area contributed by atoms with Gasteiger partial charge in [0.05, 0.1) is 18.1 Å². The highest BCUT2D eigenvalue weighted by Gasteiger charge is 2.33. The third-order valence-electron chi connectivity index (χ3n) is 3.97. The van der Waals surface area contributed by atoms with E-state index >= 15 is 0 Å². The number of nitro groups is 1. The van der Waals surface area contributed by atoms with Gasteiger partial charge in [-0.25, -0.2) is 0 Å². The van der Waals surface area contributed by atoms with Crippen LogP contribution in [0, 0.1) is 17.0 Å². The molecule has 0 bridgehead atoms. The van der Waals surface area contributed by atoms with E-state index in [1.165, 1.54) is 6.07 Å². The molecule has 7 heteroatoms. The quantitative estimate of drug-likeness (QED) is 0.648. The first-order valence-electron chi connectivity index (χ1n) is 7.05. The number of aliphatic hydroxyl groups excluding tert-OH is 2. The zero-order valence-corrected chi connectivity index (χ0v) is 12.1. The van der Waals surface area contributed by atoms with Crippen molar-refractivity contribution >= 4 is 5.69 Å². The number of hydrogen-bond acceptors (Lipinski definition) is 6. The molecule has 1 fully saturated rings. The van der Waals surface area contributed by atoms with Gasteiger partial charge in [0.2, 0.25) is 0 Å². The van der Waals surface area contributed by atoms with Crippen LogP contribution in [0.2, 0.25) is 0 Å². The van der Waals surface area contributed by atoms with E-state index in [0.717, 1.165) is 12.8 Å². The van der Waals surface area contributed by atoms with Crippen molar-refractivity contribution in [3.05, 3.63) is 44.7 Å². The summed E-state index contributed by atoms with van der Waals surface area (Å²) in [6.07, 6.45) is 1.98. The molecule has 7 nitrogen and oxygen atoms in total. The summed E-state index contributed by atoms with van der Waals surface area (Å²) in [5.41, 5.74) is 2.29. The fourth-order valence-corrected chi connectivity index (χ4v) is 2.66. The minimum absolute atomic E-state index is 0.0490. The number of aliphatic hydroxyl groups is 2. The molecule has 0 unspecified atom stereocenters. The SMILES string of the molecule is Cc1cc(CO)c(-c2noc(C3CC3)c2CO)cc1[N+](=O)[O-]. The van der Waals surface area contributed by atoms with Crippen LogP contribution < -0.4 is 0 Å². The van der Waals surface area contributed by atoms with Gasteiger partial charge in [-0.2, -0.15) is 0 Å². The molecule has 2 N–H and O–H groups in total. The molecule has 0 saturated heterocycles. The highest BCUT2D eigenvalue weighted by molar-refractivity contribution is 5.71. The fourth-order valence-electron chi connectivity index (χ4n) is 2.66. The van der Waals surface area contributed by atoms with E-state index in [9.17, 15) is 20.3 Å². The molecule has 3 rings (SSSR count). The molecule has 1 aromatic carbocycles. The van der Waals surface area contributed by atoms with Crippen molar-refractivity contribution in [1.29, 1.82) is 0 Å². The zero-order valence-electron chi connectivity index (χ0n) is 12.1. The Labute approximate surface area is 126 Å². The molecule has 22 heavy (non-hydrogen) atoms. The molecule has 1 heterocycles. The van der Waals surface area contributed by atoms with E-state index in [-0.39, 0.29) is 24.8 Å². The molecule has 1 saturated carbocycles. The Morgan fingerprint density at radius 1 is 1.36 bits per heavy atom. The summed E-state index contributed by atoms with van der Waals surface area (Å²) in [6.45, 7) is 1.09. The van der Waals surface area contributed by atoms with Gasteiger partial charge >= 0.3 is 0 Å². The third-order valence-corrected chi connectivity index (χ3v) is 3.97. The Morgan fingerprint density at radius 3 is 2.64 bits per heavy atom. The molecule has 0 radical (unpaired) electrons. The van der Waals surface area contributed by atoms with Crippen LogP contribution in [0.5, 0.6) is 0 Å². The van der Waals surface area contributed by atoms with Crippen LogP contribution >= 0.6 is 0 Å². The number of aryl methyl sites for hydroxylation is 1. The van der Waals surface area contributed by atoms with Crippen molar-refractivity contribution < 1.29 is 19.7 Å². The van der Waals surface area contributed by atoms with Gasteiger partial charge in [-0.1, -0.05) is 5.16 Å². The van der Waals surface area contributed by atoms with Gasteiger partial charge in [0.15, 0.2) is 0 Å². The second-order valence-corrected chi connectivity index (χ2v) is 5.52. The second kappa shape index (κ2) is 5.51. The van der Waals surface area contributed by atoms with Crippen LogP contribution in [-0.2, 0) is 13.2 Å². The molecule has 1 aromatic heterocycles. The number of nitro benzene ring substituents is 1. The molecular weight excluding hydrogens is 288 g/mol. The number of aromatic nitrogens is 1. The van der Waals surface area contributed by atoms with Gasteiger partial charge in [-0.3, -0.25) is 10.1 Å². The summed E-state index contributed by atoms with van der Waals surface area (Å²) >= 11 is 0. The summed E-state index contributed by atoms with van der Waals surface area (Å²) in [6, 6.07) is 2.95. The minimum Gasteiger partial charge on any atom is -0.392 e. The van der Waals surface area contributed by atoms with Crippen molar-refractivity contribution in [3.63, 3.8) is 0 Å². The van der Waals surface area contributed by atoms with Gasteiger partial charge < -0.3 is 14.7 Å². The summed E-state index contributed by atoms with van der Waals surface area (Å²) in [5, 5.41) is 34.3. The lowest BCUT2D eigenvalue weighted by atomic mass is 9.97. The van der Waals surface area contributed by atoms with Crippen molar-refractivity contribution in [2.75, 3.05) is 0 Å². The molecule has 1 aliphatic rings. The molecular formula is C15H16N2O5. The van der Waals surface area contributed by atoms with Gasteiger partial charge in [-0.15, -0.1) is 0 Å². The monoisotopic (exact) mass is 304 g/mol. The Hall–Kier alpha value is -2.25. The number of nitrogens with zero attached hydrogens (tertiary/aromatic N) is 2. The number of rotatable bonds is 5. The molecule has 1 aliphatic carbocycles. The summed E-state index contributed by atoms with van der Waals surface area (Å²) in [7, 11) is 0. The Morgan fingerprint density at radius 2 is 2.09 bits per heavy atom. The maximum atomic E-state index is 11.1. The largest absolute Gasteiger partial charge is 0.392 e. The summed E-state index contributed by atoms with van der Waals surface area (Å²) in [5.74, 6) is 0.908. The topological polar surface area (TPSA) is 110 Å². The Balaban J connectivity index is 2.18. The molecule has 116 valence electrons. The van der Waals surface area contributed by atoms with Crippen molar-refractivity contribution in [1.82, 2.24) is 5.16 Å². The van der Waals surface area contributed by atoms with Gasteiger partial charge in [0, 0.05) is 28.7 Å². The van der Waals surface area contributed by atoms with Crippen molar-refractivity contribution in [2.45, 2.75) is 38.9 Å². The van der Waals surface area contributed by atoms with E-state index < -0.39 is 4.92 Å². The zero-order chi connectivity index (χ0) is 15.9. The first-order valence-corrected chi connectivity index (χ1v) is 7.05. The van der Waals surface area contributed by atoms with E-state index in [2.05, 4.69) is 5.16 Å². The highest BCUT2D eigenvalue weighted by atomic mass is 16.6. The Kier molecular flexibility index (Phi) is 3.67. The molecule has 0 spiro atoms. The second-order valence-electron chi connectivity index (χ2n) is 5.52. The van der Waals surface area contributed by atoms with Crippen LogP contribution in [0.4, 0.5) is 5.69 Å². The van der Waals surface area contributed by atoms with Crippen LogP contribution in [0.15, 0.2) is 16.7 Å².